The second kappa shape index (κ2) is 5.76. The summed E-state index contributed by atoms with van der Waals surface area (Å²) in [7, 11) is 1.93. The number of hydrogen-bond acceptors (Lipinski definition) is 3. The highest BCUT2D eigenvalue weighted by molar-refractivity contribution is 5.81. The number of aryl methyl sites for hydroxylation is 2. The first-order valence-corrected chi connectivity index (χ1v) is 9.16. The summed E-state index contributed by atoms with van der Waals surface area (Å²) in [6.45, 7) is 3.95. The SMILES string of the molecule is Cc1nn(C)cc1CN1CC[C@@]2(CCC[C@H]2C(=O)N2CC(F)(F)C2)C1. The molecule has 1 aromatic heterocycles. The zero-order chi connectivity index (χ0) is 17.8. The molecule has 2 saturated heterocycles. The van der Waals surface area contributed by atoms with E-state index in [2.05, 4.69) is 16.2 Å². The van der Waals surface area contributed by atoms with Gasteiger partial charge >= 0.3 is 0 Å². The summed E-state index contributed by atoms with van der Waals surface area (Å²) in [5, 5.41) is 4.40. The fourth-order valence-electron chi connectivity index (χ4n) is 5.06. The molecule has 138 valence electrons. The molecule has 1 amide bonds. The average Bonchev–Trinajstić information content (AvgIpc) is 3.18. The smallest absolute Gasteiger partial charge is 0.282 e. The Morgan fingerprint density at radius 1 is 1.32 bits per heavy atom. The lowest BCUT2D eigenvalue weighted by molar-refractivity contribution is -0.172. The molecule has 0 N–H and O–H groups in total. The summed E-state index contributed by atoms with van der Waals surface area (Å²) < 4.78 is 28.1. The Labute approximate surface area is 147 Å². The van der Waals surface area contributed by atoms with E-state index in [4.69, 9.17) is 0 Å². The van der Waals surface area contributed by atoms with Crippen LogP contribution in [0.1, 0.15) is 36.9 Å². The molecule has 0 bridgehead atoms. The zero-order valence-corrected chi connectivity index (χ0v) is 15.0. The van der Waals surface area contributed by atoms with Crippen molar-refractivity contribution in [3.05, 3.63) is 17.5 Å². The van der Waals surface area contributed by atoms with Crippen molar-refractivity contribution in [2.45, 2.75) is 45.1 Å². The predicted molar refractivity (Wildman–Crippen MR) is 89.1 cm³/mol. The van der Waals surface area contributed by atoms with E-state index in [9.17, 15) is 13.6 Å². The van der Waals surface area contributed by atoms with E-state index < -0.39 is 19.0 Å². The number of amides is 1. The standard InChI is InChI=1S/C18H26F2N4O/c1-13-14(8-22(2)21-13)9-23-7-6-17(10-23)5-3-4-15(17)16(25)24-11-18(19,20)12-24/h8,15H,3-7,9-12H2,1-2H3/t15-,17-/m0/s1. The van der Waals surface area contributed by atoms with Crippen LogP contribution in [-0.2, 0) is 18.4 Å². The fourth-order valence-corrected chi connectivity index (χ4v) is 5.06. The molecule has 3 fully saturated rings. The number of rotatable bonds is 3. The lowest BCUT2D eigenvalue weighted by atomic mass is 9.76. The summed E-state index contributed by atoms with van der Waals surface area (Å²) >= 11 is 0. The lowest BCUT2D eigenvalue weighted by Crippen LogP contribution is -2.60. The van der Waals surface area contributed by atoms with Gasteiger partial charge in [0.05, 0.1) is 18.8 Å². The van der Waals surface area contributed by atoms with Crippen LogP contribution in [0.15, 0.2) is 6.20 Å². The van der Waals surface area contributed by atoms with Gasteiger partial charge in [-0.1, -0.05) is 6.42 Å². The summed E-state index contributed by atoms with van der Waals surface area (Å²) in [4.78, 5) is 16.5. The quantitative estimate of drug-likeness (QED) is 0.837. The van der Waals surface area contributed by atoms with Gasteiger partial charge in [0.2, 0.25) is 5.91 Å². The first kappa shape index (κ1) is 16.9. The van der Waals surface area contributed by atoms with Crippen molar-refractivity contribution in [1.29, 1.82) is 0 Å². The number of likely N-dealkylation sites (tertiary alicyclic amines) is 2. The Kier molecular flexibility index (Phi) is 3.90. The van der Waals surface area contributed by atoms with E-state index in [0.717, 1.165) is 51.0 Å². The second-order valence-electron chi connectivity index (χ2n) is 8.23. The van der Waals surface area contributed by atoms with Crippen LogP contribution in [0.25, 0.3) is 0 Å². The number of carbonyl (C=O) groups is 1. The molecular formula is C18H26F2N4O. The van der Waals surface area contributed by atoms with Gasteiger partial charge in [-0.05, 0) is 38.1 Å². The average molecular weight is 352 g/mol. The highest BCUT2D eigenvalue weighted by atomic mass is 19.3. The molecule has 0 unspecified atom stereocenters. The Bertz CT molecular complexity index is 681. The van der Waals surface area contributed by atoms with Gasteiger partial charge in [-0.3, -0.25) is 14.4 Å². The van der Waals surface area contributed by atoms with Crippen molar-refractivity contribution in [3.63, 3.8) is 0 Å². The van der Waals surface area contributed by atoms with Crippen molar-refractivity contribution in [3.8, 4) is 0 Å². The van der Waals surface area contributed by atoms with Crippen molar-refractivity contribution >= 4 is 5.91 Å². The largest absolute Gasteiger partial charge is 0.330 e. The zero-order valence-electron chi connectivity index (χ0n) is 15.0. The minimum atomic E-state index is -2.68. The molecule has 5 nitrogen and oxygen atoms in total. The second-order valence-corrected chi connectivity index (χ2v) is 8.23. The van der Waals surface area contributed by atoms with E-state index in [1.54, 1.807) is 0 Å². The lowest BCUT2D eigenvalue weighted by Gasteiger charge is -2.42. The number of halogens is 2. The third-order valence-corrected chi connectivity index (χ3v) is 6.33. The van der Waals surface area contributed by atoms with Gasteiger partial charge in [-0.15, -0.1) is 0 Å². The van der Waals surface area contributed by atoms with Crippen LogP contribution in [0.3, 0.4) is 0 Å². The summed E-state index contributed by atoms with van der Waals surface area (Å²) in [5.74, 6) is -2.80. The van der Waals surface area contributed by atoms with Gasteiger partial charge in [-0.2, -0.15) is 5.10 Å². The molecule has 7 heteroatoms. The van der Waals surface area contributed by atoms with E-state index in [0.29, 0.717) is 0 Å². The van der Waals surface area contributed by atoms with Crippen LogP contribution in [0.2, 0.25) is 0 Å². The molecule has 3 aliphatic rings. The highest BCUT2D eigenvalue weighted by Gasteiger charge is 2.55. The maximum Gasteiger partial charge on any atom is 0.282 e. The van der Waals surface area contributed by atoms with Crippen LogP contribution in [-0.4, -0.2) is 57.6 Å². The highest BCUT2D eigenvalue weighted by Crippen LogP contribution is 2.51. The van der Waals surface area contributed by atoms with E-state index in [-0.39, 0.29) is 17.2 Å². The van der Waals surface area contributed by atoms with Crippen molar-refractivity contribution in [1.82, 2.24) is 19.6 Å². The summed E-state index contributed by atoms with van der Waals surface area (Å²) in [5.41, 5.74) is 2.26. The molecule has 2 atom stereocenters. The van der Waals surface area contributed by atoms with Gasteiger partial charge in [0.1, 0.15) is 0 Å². The molecule has 1 aliphatic carbocycles. The van der Waals surface area contributed by atoms with Gasteiger partial charge in [0, 0.05) is 37.8 Å². The molecule has 1 spiro atoms. The number of carbonyl (C=O) groups excluding carboxylic acids is 1. The Morgan fingerprint density at radius 2 is 2.08 bits per heavy atom. The van der Waals surface area contributed by atoms with Gasteiger partial charge in [0.25, 0.3) is 5.92 Å². The molecule has 1 saturated carbocycles. The Balaban J connectivity index is 1.43. The number of aromatic nitrogens is 2. The molecular weight excluding hydrogens is 326 g/mol. The molecule has 3 heterocycles. The maximum atomic E-state index is 13.1. The van der Waals surface area contributed by atoms with Crippen LogP contribution >= 0.6 is 0 Å². The number of alkyl halides is 2. The van der Waals surface area contributed by atoms with Gasteiger partial charge in [-0.25, -0.2) is 8.78 Å². The summed E-state index contributed by atoms with van der Waals surface area (Å²) in [6.07, 6.45) is 5.96. The molecule has 0 aromatic carbocycles. The monoisotopic (exact) mass is 352 g/mol. The Hall–Kier alpha value is -1.50. The van der Waals surface area contributed by atoms with Crippen molar-refractivity contribution in [2.75, 3.05) is 26.2 Å². The molecule has 0 radical (unpaired) electrons. The van der Waals surface area contributed by atoms with Crippen molar-refractivity contribution in [2.24, 2.45) is 18.4 Å². The molecule has 4 rings (SSSR count). The minimum absolute atomic E-state index is 0.0158. The van der Waals surface area contributed by atoms with Crippen LogP contribution in [0.4, 0.5) is 8.78 Å². The number of nitrogens with zero attached hydrogens (tertiary/aromatic N) is 4. The molecule has 25 heavy (non-hydrogen) atoms. The summed E-state index contributed by atoms with van der Waals surface area (Å²) in [6, 6.07) is 0. The van der Waals surface area contributed by atoms with E-state index >= 15 is 0 Å². The molecule has 2 aliphatic heterocycles. The predicted octanol–water partition coefficient (Wildman–Crippen LogP) is 2.20. The minimum Gasteiger partial charge on any atom is -0.330 e. The van der Waals surface area contributed by atoms with Crippen LogP contribution < -0.4 is 0 Å². The van der Waals surface area contributed by atoms with Crippen molar-refractivity contribution < 1.29 is 13.6 Å². The third kappa shape index (κ3) is 2.96. The first-order chi connectivity index (χ1) is 11.8. The number of hydrogen-bond donors (Lipinski definition) is 0. The normalized spacial score (nSPS) is 31.7. The van der Waals surface area contributed by atoms with Crippen LogP contribution in [0, 0.1) is 18.3 Å². The fraction of sp³-hybridized carbons (Fsp3) is 0.778. The van der Waals surface area contributed by atoms with E-state index in [1.807, 2.05) is 18.7 Å². The Morgan fingerprint density at radius 3 is 2.72 bits per heavy atom. The first-order valence-electron chi connectivity index (χ1n) is 9.16. The van der Waals surface area contributed by atoms with Crippen LogP contribution in [0.5, 0.6) is 0 Å². The topological polar surface area (TPSA) is 41.4 Å². The maximum absolute atomic E-state index is 13.1. The molecule has 1 aromatic rings. The van der Waals surface area contributed by atoms with E-state index in [1.165, 1.54) is 10.5 Å². The van der Waals surface area contributed by atoms with Gasteiger partial charge < -0.3 is 4.90 Å². The van der Waals surface area contributed by atoms with Gasteiger partial charge in [0.15, 0.2) is 0 Å². The third-order valence-electron chi connectivity index (χ3n) is 6.33.